The van der Waals surface area contributed by atoms with Crippen molar-refractivity contribution in [3.8, 4) is 0 Å². The normalized spacial score (nSPS) is 13.1. The van der Waals surface area contributed by atoms with E-state index in [2.05, 4.69) is 4.72 Å². The summed E-state index contributed by atoms with van der Waals surface area (Å²) in [6, 6.07) is 4.50. The number of nitrogens with one attached hydrogen (secondary N) is 1. The molecule has 0 aliphatic rings. The number of carboxylic acid groups (broad SMARTS) is 1. The Labute approximate surface area is 123 Å². The van der Waals surface area contributed by atoms with Crippen molar-refractivity contribution >= 4 is 26.0 Å². The molecule has 0 amide bonds. The van der Waals surface area contributed by atoms with Gasteiger partial charge in [-0.15, -0.1) is 0 Å². The third-order valence-corrected chi connectivity index (χ3v) is 5.06. The Morgan fingerprint density at radius 1 is 1.24 bits per heavy atom. The molecule has 0 heterocycles. The number of primary sulfonamides is 1. The molecule has 0 fully saturated rings. The molecule has 4 N–H and O–H groups in total. The second kappa shape index (κ2) is 5.72. The van der Waals surface area contributed by atoms with Gasteiger partial charge in [-0.1, -0.05) is 6.07 Å². The zero-order valence-corrected chi connectivity index (χ0v) is 13.0. The number of hydrogen-bond donors (Lipinski definition) is 3. The van der Waals surface area contributed by atoms with Crippen molar-refractivity contribution in [3.05, 3.63) is 24.3 Å². The Hall–Kier alpha value is -1.49. The van der Waals surface area contributed by atoms with Crippen LogP contribution in [0.15, 0.2) is 34.1 Å². The van der Waals surface area contributed by atoms with Crippen LogP contribution < -0.4 is 9.86 Å². The van der Waals surface area contributed by atoms with Gasteiger partial charge in [-0.3, -0.25) is 4.79 Å². The van der Waals surface area contributed by atoms with Crippen LogP contribution in [0.25, 0.3) is 0 Å². The Morgan fingerprint density at radius 3 is 2.24 bits per heavy atom. The topological polar surface area (TPSA) is 144 Å². The summed E-state index contributed by atoms with van der Waals surface area (Å²) in [5.41, 5.74) is -1.23. The molecule has 0 aliphatic carbocycles. The molecule has 0 bridgehead atoms. The molecule has 0 saturated carbocycles. The van der Waals surface area contributed by atoms with Gasteiger partial charge in [0.15, 0.2) is 0 Å². The summed E-state index contributed by atoms with van der Waals surface area (Å²) in [4.78, 5) is 10.0. The molecular weight excluding hydrogens is 320 g/mol. The molecule has 1 aromatic rings. The Morgan fingerprint density at radius 2 is 1.76 bits per heavy atom. The van der Waals surface area contributed by atoms with Gasteiger partial charge in [-0.2, -0.15) is 0 Å². The zero-order chi connectivity index (χ0) is 16.5. The first-order valence-corrected chi connectivity index (χ1v) is 8.75. The van der Waals surface area contributed by atoms with Gasteiger partial charge >= 0.3 is 5.97 Å². The SMILES string of the molecule is CC(C)(CC(=O)O)NS(=O)(=O)c1cccc(S(N)(=O)=O)c1. The highest BCUT2D eigenvalue weighted by Gasteiger charge is 2.29. The summed E-state index contributed by atoms with van der Waals surface area (Å²) >= 11 is 0. The van der Waals surface area contributed by atoms with E-state index >= 15 is 0 Å². The van der Waals surface area contributed by atoms with Crippen LogP contribution in [-0.2, 0) is 24.8 Å². The number of carbonyl (C=O) groups is 1. The van der Waals surface area contributed by atoms with E-state index in [1.165, 1.54) is 26.0 Å². The van der Waals surface area contributed by atoms with Crippen LogP contribution in [0.5, 0.6) is 0 Å². The van der Waals surface area contributed by atoms with E-state index < -0.39 is 38.0 Å². The highest BCUT2D eigenvalue weighted by atomic mass is 32.2. The van der Waals surface area contributed by atoms with Crippen LogP contribution in [0.4, 0.5) is 0 Å². The second-order valence-corrected chi connectivity index (χ2v) is 8.32. The van der Waals surface area contributed by atoms with Crippen LogP contribution in [0, 0.1) is 0 Å². The molecule has 118 valence electrons. The van der Waals surface area contributed by atoms with Crippen LogP contribution in [0.2, 0.25) is 0 Å². The van der Waals surface area contributed by atoms with Crippen molar-refractivity contribution in [1.29, 1.82) is 0 Å². The molecular formula is C11H16N2O6S2. The van der Waals surface area contributed by atoms with Crippen molar-refractivity contribution in [2.75, 3.05) is 0 Å². The molecule has 0 saturated heterocycles. The quantitative estimate of drug-likeness (QED) is 0.660. The van der Waals surface area contributed by atoms with Crippen LogP contribution in [0.1, 0.15) is 20.3 Å². The molecule has 0 aliphatic heterocycles. The van der Waals surface area contributed by atoms with Gasteiger partial charge in [0, 0.05) is 5.54 Å². The van der Waals surface area contributed by atoms with E-state index in [1.54, 1.807) is 0 Å². The molecule has 8 nitrogen and oxygen atoms in total. The van der Waals surface area contributed by atoms with E-state index in [0.29, 0.717) is 0 Å². The van der Waals surface area contributed by atoms with E-state index in [-0.39, 0.29) is 9.79 Å². The van der Waals surface area contributed by atoms with Gasteiger partial charge in [-0.25, -0.2) is 26.7 Å². The van der Waals surface area contributed by atoms with Crippen molar-refractivity contribution in [3.63, 3.8) is 0 Å². The molecule has 21 heavy (non-hydrogen) atoms. The largest absolute Gasteiger partial charge is 0.481 e. The summed E-state index contributed by atoms with van der Waals surface area (Å²) < 4.78 is 49.0. The highest BCUT2D eigenvalue weighted by molar-refractivity contribution is 7.90. The van der Waals surface area contributed by atoms with Crippen LogP contribution in [0.3, 0.4) is 0 Å². The third kappa shape index (κ3) is 5.08. The molecule has 1 aromatic carbocycles. The first-order chi connectivity index (χ1) is 9.33. The maximum atomic E-state index is 12.2. The number of nitrogens with two attached hydrogens (primary N) is 1. The van der Waals surface area contributed by atoms with E-state index in [9.17, 15) is 21.6 Å². The van der Waals surface area contributed by atoms with Crippen molar-refractivity contribution in [2.24, 2.45) is 5.14 Å². The number of sulfonamides is 2. The standard InChI is InChI=1S/C11H16N2O6S2/c1-11(2,7-10(14)15)13-21(18,19)9-5-3-4-8(6-9)20(12,16)17/h3-6,13H,7H2,1-2H3,(H,14,15)(H2,12,16,17). The fraction of sp³-hybridized carbons (Fsp3) is 0.364. The average molecular weight is 336 g/mol. The van der Waals surface area contributed by atoms with Gasteiger partial charge in [0.1, 0.15) is 0 Å². The van der Waals surface area contributed by atoms with Crippen molar-refractivity contribution in [2.45, 2.75) is 35.6 Å². The fourth-order valence-electron chi connectivity index (χ4n) is 1.66. The molecule has 0 spiro atoms. The lowest BCUT2D eigenvalue weighted by atomic mass is 10.0. The lowest BCUT2D eigenvalue weighted by Crippen LogP contribution is -2.44. The molecule has 0 radical (unpaired) electrons. The maximum Gasteiger partial charge on any atom is 0.305 e. The number of aliphatic carboxylic acids is 1. The summed E-state index contributed by atoms with van der Waals surface area (Å²) in [5.74, 6) is -1.17. The predicted octanol–water partition coefficient (Wildman–Crippen LogP) is -0.134. The predicted molar refractivity (Wildman–Crippen MR) is 74.5 cm³/mol. The van der Waals surface area contributed by atoms with Crippen LogP contribution in [-0.4, -0.2) is 33.5 Å². The number of benzene rings is 1. The average Bonchev–Trinajstić information content (AvgIpc) is 2.24. The monoisotopic (exact) mass is 336 g/mol. The summed E-state index contributed by atoms with van der Waals surface area (Å²) in [6.45, 7) is 2.81. The van der Waals surface area contributed by atoms with Gasteiger partial charge in [0.05, 0.1) is 16.2 Å². The number of carboxylic acids is 1. The van der Waals surface area contributed by atoms with Gasteiger partial charge in [-0.05, 0) is 32.0 Å². The van der Waals surface area contributed by atoms with E-state index in [1.807, 2.05) is 0 Å². The number of rotatable bonds is 6. The molecule has 0 unspecified atom stereocenters. The highest BCUT2D eigenvalue weighted by Crippen LogP contribution is 2.18. The van der Waals surface area contributed by atoms with E-state index in [0.717, 1.165) is 12.1 Å². The lowest BCUT2D eigenvalue weighted by Gasteiger charge is -2.24. The Kier molecular flexibility index (Phi) is 4.78. The first-order valence-electron chi connectivity index (χ1n) is 5.72. The number of hydrogen-bond acceptors (Lipinski definition) is 5. The second-order valence-electron chi connectivity index (χ2n) is 5.08. The Balaban J connectivity index is 3.18. The van der Waals surface area contributed by atoms with Crippen LogP contribution >= 0.6 is 0 Å². The Bertz CT molecular complexity index is 753. The lowest BCUT2D eigenvalue weighted by molar-refractivity contribution is -0.138. The summed E-state index contributed by atoms with van der Waals surface area (Å²) in [5, 5.41) is 13.7. The summed E-state index contributed by atoms with van der Waals surface area (Å²) in [6.07, 6.45) is -0.429. The van der Waals surface area contributed by atoms with E-state index in [4.69, 9.17) is 10.2 Å². The molecule has 1 rings (SSSR count). The van der Waals surface area contributed by atoms with Crippen molar-refractivity contribution in [1.82, 2.24) is 4.72 Å². The molecule has 0 atom stereocenters. The summed E-state index contributed by atoms with van der Waals surface area (Å²) in [7, 11) is -8.11. The smallest absolute Gasteiger partial charge is 0.305 e. The maximum absolute atomic E-state index is 12.2. The minimum Gasteiger partial charge on any atom is -0.481 e. The minimum absolute atomic E-state index is 0.313. The molecule has 10 heteroatoms. The van der Waals surface area contributed by atoms with Gasteiger partial charge in [0.2, 0.25) is 20.0 Å². The molecule has 0 aromatic heterocycles. The van der Waals surface area contributed by atoms with Gasteiger partial charge < -0.3 is 5.11 Å². The van der Waals surface area contributed by atoms with Crippen molar-refractivity contribution < 1.29 is 26.7 Å². The fourth-order valence-corrected chi connectivity index (χ4v) is 3.75. The minimum atomic E-state index is -4.08. The third-order valence-electron chi connectivity index (χ3n) is 2.45. The van der Waals surface area contributed by atoms with Gasteiger partial charge in [0.25, 0.3) is 0 Å². The first kappa shape index (κ1) is 17.6. The zero-order valence-electron chi connectivity index (χ0n) is 11.4.